The molecule has 2 rings (SSSR count). The van der Waals surface area contributed by atoms with Crippen molar-refractivity contribution in [3.8, 4) is 6.07 Å². The van der Waals surface area contributed by atoms with Gasteiger partial charge in [0.2, 0.25) is 0 Å². The van der Waals surface area contributed by atoms with Gasteiger partial charge in [0, 0.05) is 5.56 Å². The summed E-state index contributed by atoms with van der Waals surface area (Å²) in [5, 5.41) is 9.07. The number of rotatable bonds is 3. The van der Waals surface area contributed by atoms with E-state index in [0.717, 1.165) is 22.5 Å². The van der Waals surface area contributed by atoms with E-state index in [9.17, 15) is 0 Å². The van der Waals surface area contributed by atoms with Crippen molar-refractivity contribution in [1.82, 2.24) is 0 Å². The average molecular weight is 297 g/mol. The summed E-state index contributed by atoms with van der Waals surface area (Å²) in [5.74, 6) is 0.755. The fraction of sp³-hybridized carbons (Fsp3) is 0.316. The van der Waals surface area contributed by atoms with Gasteiger partial charge >= 0.3 is 0 Å². The molecule has 1 aliphatic carbocycles. The lowest BCUT2D eigenvalue weighted by atomic mass is 9.95. The second-order valence-electron chi connectivity index (χ2n) is 5.82. The second-order valence-corrected chi connectivity index (χ2v) is 5.82. The number of nitrogens with zero attached hydrogens (tertiary/aromatic N) is 1. The van der Waals surface area contributed by atoms with E-state index in [0.29, 0.717) is 16.7 Å². The van der Waals surface area contributed by atoms with E-state index in [-0.39, 0.29) is 0 Å². The molecule has 0 aliphatic heterocycles. The maximum atomic E-state index is 15.0. The highest BCUT2D eigenvalue weighted by molar-refractivity contribution is 5.85. The molecule has 0 saturated heterocycles. The van der Waals surface area contributed by atoms with Crippen molar-refractivity contribution in [2.75, 3.05) is 7.11 Å². The van der Waals surface area contributed by atoms with E-state index in [4.69, 9.17) is 10.00 Å². The van der Waals surface area contributed by atoms with Crippen LogP contribution in [-0.2, 0) is 10.4 Å². The van der Waals surface area contributed by atoms with Crippen LogP contribution in [0.4, 0.5) is 4.39 Å². The van der Waals surface area contributed by atoms with E-state index < -0.39 is 5.67 Å². The Morgan fingerprint density at radius 2 is 2.05 bits per heavy atom. The zero-order chi connectivity index (χ0) is 16.5. The minimum atomic E-state index is -1.51. The molecule has 114 valence electrons. The Bertz CT molecular complexity index is 741. The van der Waals surface area contributed by atoms with Crippen LogP contribution in [0.1, 0.15) is 44.4 Å². The van der Waals surface area contributed by atoms with Gasteiger partial charge in [0.05, 0.1) is 18.7 Å². The van der Waals surface area contributed by atoms with Crippen LogP contribution in [0.15, 0.2) is 47.3 Å². The number of benzene rings is 1. The van der Waals surface area contributed by atoms with Crippen molar-refractivity contribution in [3.63, 3.8) is 0 Å². The molecule has 0 spiro atoms. The molecule has 2 nitrogen and oxygen atoms in total. The van der Waals surface area contributed by atoms with Crippen LogP contribution < -0.4 is 0 Å². The van der Waals surface area contributed by atoms with Crippen LogP contribution in [0, 0.1) is 11.3 Å². The van der Waals surface area contributed by atoms with Crippen LogP contribution >= 0.6 is 0 Å². The first-order valence-corrected chi connectivity index (χ1v) is 7.17. The minimum absolute atomic E-state index is 0.532. The van der Waals surface area contributed by atoms with Crippen molar-refractivity contribution < 1.29 is 9.13 Å². The Hall–Kier alpha value is -2.34. The quantitative estimate of drug-likeness (QED) is 0.579. The first-order valence-electron chi connectivity index (χ1n) is 7.17. The molecule has 0 aromatic heterocycles. The molecule has 0 heterocycles. The molecule has 1 unspecified atom stereocenters. The molecular weight excluding hydrogens is 277 g/mol. The number of ether oxygens (including phenoxy) is 1. The number of fused-ring (bicyclic) bond motifs is 1. The van der Waals surface area contributed by atoms with Crippen LogP contribution in [-0.4, -0.2) is 7.11 Å². The van der Waals surface area contributed by atoms with Gasteiger partial charge in [-0.25, -0.2) is 4.39 Å². The van der Waals surface area contributed by atoms with Crippen molar-refractivity contribution in [2.45, 2.75) is 33.4 Å². The Kier molecular flexibility index (Phi) is 4.23. The van der Waals surface area contributed by atoms with E-state index in [1.807, 2.05) is 26.0 Å². The van der Waals surface area contributed by atoms with Crippen LogP contribution in [0.5, 0.6) is 0 Å². The van der Waals surface area contributed by atoms with Gasteiger partial charge < -0.3 is 4.74 Å². The molecule has 1 atom stereocenters. The lowest BCUT2D eigenvalue weighted by Gasteiger charge is -2.17. The summed E-state index contributed by atoms with van der Waals surface area (Å²) in [4.78, 5) is 0. The molecule has 1 aromatic carbocycles. The largest absolute Gasteiger partial charge is 0.497 e. The van der Waals surface area contributed by atoms with Crippen molar-refractivity contribution in [2.24, 2.45) is 0 Å². The van der Waals surface area contributed by atoms with Crippen molar-refractivity contribution in [1.29, 1.82) is 5.26 Å². The van der Waals surface area contributed by atoms with Crippen molar-refractivity contribution >= 4 is 5.57 Å². The zero-order valence-corrected chi connectivity index (χ0v) is 13.6. The Labute approximate surface area is 131 Å². The smallest absolute Gasteiger partial charge is 0.155 e. The summed E-state index contributed by atoms with van der Waals surface area (Å²) in [5.41, 5.74) is 2.92. The van der Waals surface area contributed by atoms with E-state index in [1.54, 1.807) is 39.2 Å². The molecule has 1 aromatic rings. The molecule has 1 aliphatic rings. The molecule has 0 bridgehead atoms. The maximum Gasteiger partial charge on any atom is 0.155 e. The summed E-state index contributed by atoms with van der Waals surface area (Å²) in [6, 6.07) is 7.22. The van der Waals surface area contributed by atoms with Gasteiger partial charge in [-0.05, 0) is 68.2 Å². The summed E-state index contributed by atoms with van der Waals surface area (Å²) >= 11 is 0. The van der Waals surface area contributed by atoms with Gasteiger partial charge in [0.1, 0.15) is 5.76 Å². The van der Waals surface area contributed by atoms with E-state index in [2.05, 4.69) is 6.07 Å². The first kappa shape index (κ1) is 16.0. The number of hydrogen-bond donors (Lipinski definition) is 0. The maximum absolute atomic E-state index is 15.0. The highest BCUT2D eigenvalue weighted by atomic mass is 19.1. The van der Waals surface area contributed by atoms with Crippen LogP contribution in [0.2, 0.25) is 0 Å². The van der Waals surface area contributed by atoms with Gasteiger partial charge in [0.15, 0.2) is 5.67 Å². The Morgan fingerprint density at radius 1 is 1.36 bits per heavy atom. The predicted octanol–water partition coefficient (Wildman–Crippen LogP) is 5.03. The molecule has 0 radical (unpaired) electrons. The molecule has 0 fully saturated rings. The lowest BCUT2D eigenvalue weighted by molar-refractivity contribution is 0.250. The topological polar surface area (TPSA) is 33.0 Å². The fourth-order valence-corrected chi connectivity index (χ4v) is 2.72. The van der Waals surface area contributed by atoms with Gasteiger partial charge in [-0.15, -0.1) is 0 Å². The number of alkyl halides is 1. The molecule has 22 heavy (non-hydrogen) atoms. The second kappa shape index (κ2) is 5.81. The highest BCUT2D eigenvalue weighted by Crippen LogP contribution is 2.47. The normalized spacial score (nSPS) is 20.0. The lowest BCUT2D eigenvalue weighted by Crippen LogP contribution is -2.13. The summed E-state index contributed by atoms with van der Waals surface area (Å²) in [6.07, 6.45) is 3.71. The summed E-state index contributed by atoms with van der Waals surface area (Å²) in [7, 11) is 1.61. The van der Waals surface area contributed by atoms with Crippen molar-refractivity contribution in [3.05, 3.63) is 63.9 Å². The monoisotopic (exact) mass is 297 g/mol. The van der Waals surface area contributed by atoms with Gasteiger partial charge in [-0.1, -0.05) is 12.1 Å². The Morgan fingerprint density at radius 3 is 2.59 bits per heavy atom. The van der Waals surface area contributed by atoms with E-state index in [1.165, 1.54) is 0 Å². The Balaban J connectivity index is 2.58. The molecule has 0 N–H and O–H groups in total. The highest BCUT2D eigenvalue weighted by Gasteiger charge is 2.38. The summed E-state index contributed by atoms with van der Waals surface area (Å²) < 4.78 is 20.3. The van der Waals surface area contributed by atoms with Crippen LogP contribution in [0.3, 0.4) is 0 Å². The SMILES string of the molecule is COC(/C=C\C1=C(C)C(C)(F)c2ccc(C#N)cc21)=C(C)C. The number of allylic oxidation sites excluding steroid dienone is 5. The third-order valence-corrected chi connectivity index (χ3v) is 4.17. The number of halogens is 1. The number of hydrogen-bond acceptors (Lipinski definition) is 2. The number of methoxy groups -OCH3 is 1. The molecule has 3 heteroatoms. The van der Waals surface area contributed by atoms with Gasteiger partial charge in [0.25, 0.3) is 0 Å². The predicted molar refractivity (Wildman–Crippen MR) is 86.7 cm³/mol. The average Bonchev–Trinajstić information content (AvgIpc) is 2.67. The minimum Gasteiger partial charge on any atom is -0.497 e. The summed E-state index contributed by atoms with van der Waals surface area (Å²) in [6.45, 7) is 7.27. The van der Waals surface area contributed by atoms with Gasteiger partial charge in [-0.3, -0.25) is 0 Å². The fourth-order valence-electron chi connectivity index (χ4n) is 2.72. The van der Waals surface area contributed by atoms with Gasteiger partial charge in [-0.2, -0.15) is 5.26 Å². The van der Waals surface area contributed by atoms with Crippen LogP contribution in [0.25, 0.3) is 5.57 Å². The third-order valence-electron chi connectivity index (χ3n) is 4.17. The van der Waals surface area contributed by atoms with E-state index >= 15 is 4.39 Å². The third kappa shape index (κ3) is 2.57. The molecule has 0 amide bonds. The standard InChI is InChI=1S/C19H20FNO/c1-12(2)18(22-5)9-7-15-13(3)19(4,20)17-8-6-14(11-21)10-16(15)17/h6-10H,1-5H3/b9-7-. The molecule has 0 saturated carbocycles. The zero-order valence-electron chi connectivity index (χ0n) is 13.6. The number of nitriles is 1. The first-order chi connectivity index (χ1) is 10.3. The molecular formula is C19H20FNO.